The quantitative estimate of drug-likeness (QED) is 0.628. The van der Waals surface area contributed by atoms with Crippen LogP contribution in [0.5, 0.6) is 5.75 Å². The van der Waals surface area contributed by atoms with Crippen molar-refractivity contribution in [1.29, 1.82) is 0 Å². The Hall–Kier alpha value is -0.810. The van der Waals surface area contributed by atoms with Gasteiger partial charge in [0.05, 0.1) is 32.9 Å². The normalized spacial score (nSPS) is 11.7. The smallest absolute Gasteiger partial charge is 0.123 e. The van der Waals surface area contributed by atoms with Gasteiger partial charge in [-0.3, -0.25) is 0 Å². The van der Waals surface area contributed by atoms with Gasteiger partial charge in [-0.15, -0.1) is 0 Å². The second-order valence-electron chi connectivity index (χ2n) is 6.56. The average molecular weight is 345 g/mol. The fourth-order valence-corrected chi connectivity index (χ4v) is 2.38. The summed E-state index contributed by atoms with van der Waals surface area (Å²) in [6.45, 7) is 11.2. The lowest BCUT2D eigenvalue weighted by atomic mass is 9.86. The summed E-state index contributed by atoms with van der Waals surface area (Å²) in [5, 5.41) is 2.99. The zero-order valence-electron chi connectivity index (χ0n) is 14.9. The summed E-state index contributed by atoms with van der Waals surface area (Å²) < 4.78 is 16.5. The highest BCUT2D eigenvalue weighted by molar-refractivity contribution is 6.30. The Balaban J connectivity index is 2.21. The van der Waals surface area contributed by atoms with Crippen molar-refractivity contribution in [3.63, 3.8) is 0 Å². The maximum Gasteiger partial charge on any atom is 0.123 e. The second-order valence-corrected chi connectivity index (χ2v) is 7.00. The van der Waals surface area contributed by atoms with Crippen LogP contribution in [0.3, 0.4) is 0 Å². The third-order valence-electron chi connectivity index (χ3n) is 3.46. The standard InChI is InChI=1S/C18H30ClNO3/c1-18(2,3)16-14-15(19)6-7-17(16)23-13-12-22-11-9-20-8-5-10-21-4/h6-7,14,20H,5,8-13H2,1-4H3/p+1. The van der Waals surface area contributed by atoms with Crippen LogP contribution in [0.1, 0.15) is 32.8 Å². The van der Waals surface area contributed by atoms with Crippen molar-refractivity contribution in [2.24, 2.45) is 0 Å². The van der Waals surface area contributed by atoms with Crippen molar-refractivity contribution in [1.82, 2.24) is 0 Å². The van der Waals surface area contributed by atoms with E-state index in [9.17, 15) is 0 Å². The molecule has 2 N–H and O–H groups in total. The zero-order valence-corrected chi connectivity index (χ0v) is 15.6. The highest BCUT2D eigenvalue weighted by atomic mass is 35.5. The van der Waals surface area contributed by atoms with Crippen LogP contribution >= 0.6 is 11.6 Å². The van der Waals surface area contributed by atoms with Crippen molar-refractivity contribution >= 4 is 11.6 Å². The number of benzene rings is 1. The van der Waals surface area contributed by atoms with Crippen LogP contribution in [-0.2, 0) is 14.9 Å². The Labute approximate surface area is 145 Å². The third kappa shape index (κ3) is 8.56. The van der Waals surface area contributed by atoms with Crippen molar-refractivity contribution in [2.45, 2.75) is 32.6 Å². The fraction of sp³-hybridized carbons (Fsp3) is 0.667. The van der Waals surface area contributed by atoms with Gasteiger partial charge in [0.1, 0.15) is 12.4 Å². The van der Waals surface area contributed by atoms with E-state index in [0.717, 1.165) is 49.1 Å². The topological polar surface area (TPSA) is 44.3 Å². The van der Waals surface area contributed by atoms with Crippen LogP contribution in [0.25, 0.3) is 0 Å². The number of nitrogens with two attached hydrogens (primary N) is 1. The highest BCUT2D eigenvalue weighted by Crippen LogP contribution is 2.33. The van der Waals surface area contributed by atoms with Gasteiger partial charge in [0.25, 0.3) is 0 Å². The first-order valence-corrected chi connectivity index (χ1v) is 8.64. The molecule has 0 bridgehead atoms. The summed E-state index contributed by atoms with van der Waals surface area (Å²) in [5.41, 5.74) is 1.12. The van der Waals surface area contributed by atoms with Gasteiger partial charge in [-0.05, 0) is 23.6 Å². The molecule has 0 aromatic heterocycles. The first kappa shape index (κ1) is 20.2. The molecule has 1 aromatic carbocycles. The monoisotopic (exact) mass is 344 g/mol. The number of methoxy groups -OCH3 is 1. The minimum atomic E-state index is -0.00173. The third-order valence-corrected chi connectivity index (χ3v) is 3.69. The molecule has 0 aliphatic rings. The van der Waals surface area contributed by atoms with Crippen molar-refractivity contribution in [3.8, 4) is 5.75 Å². The van der Waals surface area contributed by atoms with Gasteiger partial charge < -0.3 is 19.5 Å². The van der Waals surface area contributed by atoms with Gasteiger partial charge in [0.15, 0.2) is 0 Å². The summed E-state index contributed by atoms with van der Waals surface area (Å²) in [5.74, 6) is 0.886. The predicted octanol–water partition coefficient (Wildman–Crippen LogP) is 2.63. The molecule has 0 amide bonds. The Morgan fingerprint density at radius 1 is 1.04 bits per heavy atom. The van der Waals surface area contributed by atoms with Gasteiger partial charge >= 0.3 is 0 Å². The van der Waals surface area contributed by atoms with Crippen molar-refractivity contribution in [3.05, 3.63) is 28.8 Å². The summed E-state index contributed by atoms with van der Waals surface area (Å²) in [7, 11) is 1.73. The summed E-state index contributed by atoms with van der Waals surface area (Å²) in [6.07, 6.45) is 1.08. The molecule has 132 valence electrons. The van der Waals surface area contributed by atoms with Crippen LogP contribution < -0.4 is 10.1 Å². The number of hydrogen-bond donors (Lipinski definition) is 1. The van der Waals surface area contributed by atoms with Gasteiger partial charge in [0, 0.05) is 24.1 Å². The molecule has 0 fully saturated rings. The first-order valence-electron chi connectivity index (χ1n) is 8.26. The fourth-order valence-electron chi connectivity index (χ4n) is 2.21. The number of halogens is 1. The molecule has 0 saturated carbocycles. The van der Waals surface area contributed by atoms with E-state index in [1.54, 1.807) is 7.11 Å². The van der Waals surface area contributed by atoms with Crippen LogP contribution in [-0.4, -0.2) is 46.6 Å². The van der Waals surface area contributed by atoms with E-state index in [-0.39, 0.29) is 5.41 Å². The molecule has 0 heterocycles. The molecule has 1 aromatic rings. The van der Waals surface area contributed by atoms with Crippen molar-refractivity contribution in [2.75, 3.05) is 46.6 Å². The van der Waals surface area contributed by atoms with Crippen LogP contribution in [0, 0.1) is 0 Å². The lowest BCUT2D eigenvalue weighted by Crippen LogP contribution is -2.85. The van der Waals surface area contributed by atoms with Crippen LogP contribution in [0.4, 0.5) is 0 Å². The lowest BCUT2D eigenvalue weighted by molar-refractivity contribution is -0.656. The summed E-state index contributed by atoms with van der Waals surface area (Å²) >= 11 is 6.10. The molecule has 0 aliphatic carbocycles. The SMILES string of the molecule is COCCC[NH2+]CCOCCOc1ccc(Cl)cc1C(C)(C)C. The number of hydrogen-bond acceptors (Lipinski definition) is 3. The van der Waals surface area contributed by atoms with Gasteiger partial charge in [-0.1, -0.05) is 32.4 Å². The number of rotatable bonds is 11. The maximum absolute atomic E-state index is 6.10. The number of quaternary nitrogens is 1. The molecular formula is C18H31ClNO3+. The van der Waals surface area contributed by atoms with Gasteiger partial charge in [0.2, 0.25) is 0 Å². The molecule has 0 unspecified atom stereocenters. The molecular weight excluding hydrogens is 314 g/mol. The summed E-state index contributed by atoms with van der Waals surface area (Å²) in [4.78, 5) is 0. The molecule has 0 atom stereocenters. The largest absolute Gasteiger partial charge is 0.491 e. The Morgan fingerprint density at radius 3 is 2.52 bits per heavy atom. The Kier molecular flexibility index (Phi) is 9.56. The molecule has 0 radical (unpaired) electrons. The Morgan fingerprint density at radius 2 is 1.83 bits per heavy atom. The molecule has 0 spiro atoms. The molecule has 0 aliphatic heterocycles. The average Bonchev–Trinajstić information content (AvgIpc) is 2.49. The molecule has 23 heavy (non-hydrogen) atoms. The van der Waals surface area contributed by atoms with Crippen LogP contribution in [0.15, 0.2) is 18.2 Å². The van der Waals surface area contributed by atoms with Gasteiger partial charge in [-0.25, -0.2) is 0 Å². The number of ether oxygens (including phenoxy) is 3. The van der Waals surface area contributed by atoms with E-state index in [0.29, 0.717) is 13.2 Å². The summed E-state index contributed by atoms with van der Waals surface area (Å²) in [6, 6.07) is 5.78. The minimum absolute atomic E-state index is 0.00173. The lowest BCUT2D eigenvalue weighted by Gasteiger charge is -2.23. The molecule has 4 nitrogen and oxygen atoms in total. The first-order chi connectivity index (χ1) is 10.9. The predicted molar refractivity (Wildman–Crippen MR) is 94.6 cm³/mol. The van der Waals surface area contributed by atoms with E-state index in [2.05, 4.69) is 26.1 Å². The van der Waals surface area contributed by atoms with E-state index in [4.69, 9.17) is 25.8 Å². The van der Waals surface area contributed by atoms with Gasteiger partial charge in [-0.2, -0.15) is 0 Å². The van der Waals surface area contributed by atoms with E-state index >= 15 is 0 Å². The molecule has 5 heteroatoms. The molecule has 0 saturated heterocycles. The second kappa shape index (κ2) is 10.9. The zero-order chi connectivity index (χ0) is 17.1. The molecule has 1 rings (SSSR count). The maximum atomic E-state index is 6.10. The van der Waals surface area contributed by atoms with E-state index in [1.807, 2.05) is 18.2 Å². The van der Waals surface area contributed by atoms with Crippen LogP contribution in [0.2, 0.25) is 5.02 Å². The Bertz CT molecular complexity index is 446. The van der Waals surface area contributed by atoms with E-state index in [1.165, 1.54) is 0 Å². The van der Waals surface area contributed by atoms with E-state index < -0.39 is 0 Å². The highest BCUT2D eigenvalue weighted by Gasteiger charge is 2.19. The van der Waals surface area contributed by atoms with Crippen molar-refractivity contribution < 1.29 is 19.5 Å². The minimum Gasteiger partial charge on any atom is -0.491 e.